The van der Waals surface area contributed by atoms with E-state index in [2.05, 4.69) is 0 Å². The molecule has 7 heteroatoms. The van der Waals surface area contributed by atoms with E-state index in [1.54, 1.807) is 12.1 Å². The van der Waals surface area contributed by atoms with Gasteiger partial charge in [-0.1, -0.05) is 16.6 Å². The summed E-state index contributed by atoms with van der Waals surface area (Å²) in [6.07, 6.45) is 0. The summed E-state index contributed by atoms with van der Waals surface area (Å²) in [7, 11) is -1.31. The Bertz CT molecular complexity index is 861. The van der Waals surface area contributed by atoms with E-state index in [0.717, 1.165) is 15.6 Å². The van der Waals surface area contributed by atoms with Crippen LogP contribution in [0.5, 0.6) is 5.75 Å². The van der Waals surface area contributed by atoms with Crippen molar-refractivity contribution in [2.45, 2.75) is 18.7 Å². The zero-order valence-corrected chi connectivity index (χ0v) is 14.8. The maximum absolute atomic E-state index is 12.3. The van der Waals surface area contributed by atoms with E-state index in [4.69, 9.17) is 9.57 Å². The van der Waals surface area contributed by atoms with Crippen LogP contribution in [0.2, 0.25) is 0 Å². The summed E-state index contributed by atoms with van der Waals surface area (Å²) >= 11 is 0. The number of carbonyl (C=O) groups excluding carboxylic acids is 1. The largest absolute Gasteiger partial charge is 0.423 e. The smallest absolute Gasteiger partial charge is 0.343 e. The van der Waals surface area contributed by atoms with Crippen LogP contribution in [-0.2, 0) is 14.9 Å². The molecule has 0 aliphatic rings. The predicted octanol–water partition coefficient (Wildman–Crippen LogP) is 2.70. The fraction of sp³-hybridized carbons (Fsp3) is 0.235. The second kappa shape index (κ2) is 7.12. The number of benzene rings is 2. The number of carbonyl (C=O) groups is 1. The Kier molecular flexibility index (Phi) is 5.38. The lowest BCUT2D eigenvalue weighted by atomic mass is 10.1. The fourth-order valence-electron chi connectivity index (χ4n) is 1.97. The molecule has 0 unspecified atom stereocenters. The standard InChI is InChI=1S/C17H19NO5S/c1-12-8-9-15(10-13(12)2)23-17(19)14-6-5-7-16(11-14)24(20,21)18(3)22-4/h5-11H,1-4H3. The van der Waals surface area contributed by atoms with Gasteiger partial charge in [0, 0.05) is 7.05 Å². The van der Waals surface area contributed by atoms with Crippen molar-refractivity contribution in [2.24, 2.45) is 0 Å². The first kappa shape index (κ1) is 18.1. The first-order chi connectivity index (χ1) is 11.3. The number of aryl methyl sites for hydroxylation is 2. The summed E-state index contributed by atoms with van der Waals surface area (Å²) in [4.78, 5) is 16.9. The number of esters is 1. The maximum Gasteiger partial charge on any atom is 0.343 e. The Hall–Kier alpha value is -2.22. The van der Waals surface area contributed by atoms with Crippen LogP contribution < -0.4 is 4.74 Å². The van der Waals surface area contributed by atoms with Gasteiger partial charge in [0.1, 0.15) is 5.75 Å². The van der Waals surface area contributed by atoms with Gasteiger partial charge in [-0.05, 0) is 55.3 Å². The van der Waals surface area contributed by atoms with Gasteiger partial charge in [0.2, 0.25) is 0 Å². The number of ether oxygens (including phenoxy) is 1. The maximum atomic E-state index is 12.3. The molecule has 0 aliphatic heterocycles. The van der Waals surface area contributed by atoms with Gasteiger partial charge in [0.05, 0.1) is 17.6 Å². The van der Waals surface area contributed by atoms with E-state index >= 15 is 0 Å². The molecule has 0 atom stereocenters. The second-order valence-electron chi connectivity index (χ2n) is 5.26. The first-order valence-corrected chi connectivity index (χ1v) is 8.62. The molecule has 0 aliphatic carbocycles. The summed E-state index contributed by atoms with van der Waals surface area (Å²) in [5.41, 5.74) is 2.22. The highest BCUT2D eigenvalue weighted by Gasteiger charge is 2.22. The molecule has 0 N–H and O–H groups in total. The van der Waals surface area contributed by atoms with E-state index in [1.165, 1.54) is 38.4 Å². The van der Waals surface area contributed by atoms with E-state index < -0.39 is 16.0 Å². The topological polar surface area (TPSA) is 72.9 Å². The van der Waals surface area contributed by atoms with Crippen molar-refractivity contribution in [3.05, 3.63) is 59.2 Å². The van der Waals surface area contributed by atoms with Gasteiger partial charge in [-0.25, -0.2) is 13.2 Å². The predicted molar refractivity (Wildman–Crippen MR) is 89.3 cm³/mol. The van der Waals surface area contributed by atoms with Crippen LogP contribution in [0.25, 0.3) is 0 Å². The molecule has 2 rings (SSSR count). The molecular formula is C17H19NO5S. The number of nitrogens with zero attached hydrogens (tertiary/aromatic N) is 1. The molecule has 0 radical (unpaired) electrons. The molecule has 0 fully saturated rings. The lowest BCUT2D eigenvalue weighted by Gasteiger charge is -2.14. The molecule has 0 heterocycles. The average molecular weight is 349 g/mol. The summed E-state index contributed by atoms with van der Waals surface area (Å²) < 4.78 is 30.5. The molecule has 0 saturated heterocycles. The lowest BCUT2D eigenvalue weighted by Crippen LogP contribution is -2.26. The van der Waals surface area contributed by atoms with Crippen LogP contribution in [-0.4, -0.2) is 33.0 Å². The minimum absolute atomic E-state index is 0.0543. The molecule has 24 heavy (non-hydrogen) atoms. The third-order valence-electron chi connectivity index (χ3n) is 3.65. The number of hydrogen-bond acceptors (Lipinski definition) is 5. The van der Waals surface area contributed by atoms with Crippen LogP contribution in [0.1, 0.15) is 21.5 Å². The molecule has 0 saturated carbocycles. The van der Waals surface area contributed by atoms with Gasteiger partial charge >= 0.3 is 5.97 Å². The molecular weight excluding hydrogens is 330 g/mol. The molecule has 0 bridgehead atoms. The van der Waals surface area contributed by atoms with Crippen LogP contribution >= 0.6 is 0 Å². The molecule has 6 nitrogen and oxygen atoms in total. The van der Waals surface area contributed by atoms with Crippen LogP contribution in [0, 0.1) is 13.8 Å². The molecule has 2 aromatic carbocycles. The highest BCUT2D eigenvalue weighted by Crippen LogP contribution is 2.20. The zero-order chi connectivity index (χ0) is 17.9. The van der Waals surface area contributed by atoms with Crippen molar-refractivity contribution in [1.29, 1.82) is 0 Å². The quantitative estimate of drug-likeness (QED) is 0.471. The summed E-state index contributed by atoms with van der Waals surface area (Å²) in [6, 6.07) is 10.9. The summed E-state index contributed by atoms with van der Waals surface area (Å²) in [5, 5.41) is 0. The van der Waals surface area contributed by atoms with Gasteiger partial charge in [-0.15, -0.1) is 0 Å². The molecule has 0 aromatic heterocycles. The normalized spacial score (nSPS) is 11.5. The van der Waals surface area contributed by atoms with Crippen molar-refractivity contribution in [3.63, 3.8) is 0 Å². The SMILES string of the molecule is CON(C)S(=O)(=O)c1cccc(C(=O)Oc2ccc(C)c(C)c2)c1. The summed E-state index contributed by atoms with van der Waals surface area (Å²) in [6.45, 7) is 3.88. The van der Waals surface area contributed by atoms with Crippen molar-refractivity contribution >= 4 is 16.0 Å². The highest BCUT2D eigenvalue weighted by molar-refractivity contribution is 7.89. The minimum atomic E-state index is -3.83. The van der Waals surface area contributed by atoms with Gasteiger partial charge in [-0.3, -0.25) is 4.84 Å². The van der Waals surface area contributed by atoms with Gasteiger partial charge in [-0.2, -0.15) is 0 Å². The zero-order valence-electron chi connectivity index (χ0n) is 13.9. The van der Waals surface area contributed by atoms with Crippen LogP contribution in [0.4, 0.5) is 0 Å². The van der Waals surface area contributed by atoms with Crippen LogP contribution in [0.3, 0.4) is 0 Å². The third kappa shape index (κ3) is 3.81. The van der Waals surface area contributed by atoms with Crippen molar-refractivity contribution in [1.82, 2.24) is 4.47 Å². The number of sulfonamides is 1. The molecule has 0 amide bonds. The Morgan fingerprint density at radius 3 is 2.38 bits per heavy atom. The summed E-state index contributed by atoms with van der Waals surface area (Å²) in [5.74, 6) is -0.222. The van der Waals surface area contributed by atoms with Crippen molar-refractivity contribution in [2.75, 3.05) is 14.2 Å². The first-order valence-electron chi connectivity index (χ1n) is 7.18. The van der Waals surface area contributed by atoms with Gasteiger partial charge in [0.15, 0.2) is 0 Å². The average Bonchev–Trinajstić information content (AvgIpc) is 2.57. The van der Waals surface area contributed by atoms with E-state index in [-0.39, 0.29) is 10.5 Å². The lowest BCUT2D eigenvalue weighted by molar-refractivity contribution is -0.0258. The Morgan fingerprint density at radius 1 is 1.04 bits per heavy atom. The monoisotopic (exact) mass is 349 g/mol. The fourth-order valence-corrected chi connectivity index (χ4v) is 2.99. The molecule has 2 aromatic rings. The van der Waals surface area contributed by atoms with E-state index in [0.29, 0.717) is 5.75 Å². The Labute approximate surface area is 141 Å². The number of hydrogen-bond donors (Lipinski definition) is 0. The third-order valence-corrected chi connectivity index (χ3v) is 5.33. The van der Waals surface area contributed by atoms with Crippen LogP contribution in [0.15, 0.2) is 47.4 Å². The Balaban J connectivity index is 2.28. The highest BCUT2D eigenvalue weighted by atomic mass is 32.2. The minimum Gasteiger partial charge on any atom is -0.423 e. The Morgan fingerprint density at radius 2 is 1.75 bits per heavy atom. The van der Waals surface area contributed by atoms with E-state index in [9.17, 15) is 13.2 Å². The second-order valence-corrected chi connectivity index (χ2v) is 7.20. The van der Waals surface area contributed by atoms with Gasteiger partial charge in [0.25, 0.3) is 10.0 Å². The number of rotatable bonds is 5. The van der Waals surface area contributed by atoms with Gasteiger partial charge < -0.3 is 4.74 Å². The van der Waals surface area contributed by atoms with E-state index in [1.807, 2.05) is 19.9 Å². The molecule has 128 valence electrons. The molecule has 0 spiro atoms. The number of hydroxylamine groups is 1. The van der Waals surface area contributed by atoms with Crippen molar-refractivity contribution in [3.8, 4) is 5.75 Å². The van der Waals surface area contributed by atoms with Crippen molar-refractivity contribution < 1.29 is 22.8 Å².